The van der Waals surface area contributed by atoms with Crippen LogP contribution in [0.3, 0.4) is 0 Å². The first-order valence-corrected chi connectivity index (χ1v) is 6.84. The van der Waals surface area contributed by atoms with E-state index in [4.69, 9.17) is 34.8 Å². The maximum Gasteiger partial charge on any atom is 0.225 e. The first-order chi connectivity index (χ1) is 8.39. The van der Waals surface area contributed by atoms with Gasteiger partial charge in [-0.2, -0.15) is 0 Å². The number of carbonyl (C=O) groups excluding carboxylic acids is 1. The van der Waals surface area contributed by atoms with Crippen LogP contribution >= 0.6 is 34.8 Å². The molecule has 1 aromatic rings. The maximum absolute atomic E-state index is 11.4. The topological polar surface area (TPSA) is 17.1 Å². The smallest absolute Gasteiger partial charge is 0.225 e. The van der Waals surface area contributed by atoms with Crippen molar-refractivity contribution in [1.82, 2.24) is 0 Å². The number of halogens is 3. The quantitative estimate of drug-likeness (QED) is 0.721. The fraction of sp³-hybridized carbons (Fsp3) is 0.357. The minimum Gasteiger partial charge on any atom is -0.281 e. The Labute approximate surface area is 122 Å². The summed E-state index contributed by atoms with van der Waals surface area (Å²) in [4.78, 5) is 11.4. The van der Waals surface area contributed by atoms with Crippen LogP contribution in [0.5, 0.6) is 0 Å². The number of hydrogen-bond acceptors (Lipinski definition) is 1. The van der Waals surface area contributed by atoms with Gasteiger partial charge in [-0.3, -0.25) is 4.79 Å². The fourth-order valence-electron chi connectivity index (χ4n) is 2.59. The Morgan fingerprint density at radius 3 is 2.17 bits per heavy atom. The molecule has 0 amide bonds. The molecule has 96 valence electrons. The van der Waals surface area contributed by atoms with E-state index in [-0.39, 0.29) is 22.5 Å². The zero-order valence-corrected chi connectivity index (χ0v) is 12.4. The molecule has 0 heterocycles. The second-order valence-electron chi connectivity index (χ2n) is 5.15. The highest BCUT2D eigenvalue weighted by atomic mass is 35.5. The van der Waals surface area contributed by atoms with Gasteiger partial charge in [-0.1, -0.05) is 49.2 Å². The van der Waals surface area contributed by atoms with Gasteiger partial charge in [0.2, 0.25) is 5.24 Å². The van der Waals surface area contributed by atoms with Crippen molar-refractivity contribution >= 4 is 45.6 Å². The average molecular weight is 304 g/mol. The average Bonchev–Trinajstić information content (AvgIpc) is 2.86. The summed E-state index contributed by atoms with van der Waals surface area (Å²) in [7, 11) is 0. The molecule has 18 heavy (non-hydrogen) atoms. The molecule has 0 aliphatic heterocycles. The molecule has 0 bridgehead atoms. The maximum atomic E-state index is 11.4. The zero-order chi connectivity index (χ0) is 13.5. The molecule has 0 saturated heterocycles. The summed E-state index contributed by atoms with van der Waals surface area (Å²) >= 11 is 17.4. The molecular weight excluding hydrogens is 291 g/mol. The number of carbonyl (C=O) groups is 1. The third-order valence-corrected chi connectivity index (χ3v) is 4.42. The Hall–Kier alpha value is -0.500. The molecule has 0 radical (unpaired) electrons. The van der Waals surface area contributed by atoms with Crippen molar-refractivity contribution in [2.75, 3.05) is 0 Å². The minimum absolute atomic E-state index is 0.0705. The minimum atomic E-state index is -0.296. The molecule has 2 rings (SSSR count). The molecule has 4 heteroatoms. The fourth-order valence-corrected chi connectivity index (χ4v) is 3.39. The van der Waals surface area contributed by atoms with Crippen LogP contribution in [0.25, 0.3) is 5.57 Å². The van der Waals surface area contributed by atoms with Gasteiger partial charge in [0.15, 0.2) is 0 Å². The Kier molecular flexibility index (Phi) is 3.77. The predicted molar refractivity (Wildman–Crippen MR) is 76.9 cm³/mol. The molecule has 1 aliphatic rings. The van der Waals surface area contributed by atoms with E-state index in [2.05, 4.69) is 0 Å². The van der Waals surface area contributed by atoms with Crippen LogP contribution in [0.2, 0.25) is 5.02 Å². The van der Waals surface area contributed by atoms with Crippen molar-refractivity contribution in [3.63, 3.8) is 0 Å². The van der Waals surface area contributed by atoms with Crippen LogP contribution in [0.1, 0.15) is 19.4 Å². The van der Waals surface area contributed by atoms with E-state index in [1.807, 2.05) is 38.1 Å². The molecule has 0 spiro atoms. The normalized spacial score (nSPS) is 25.9. The first kappa shape index (κ1) is 13.9. The van der Waals surface area contributed by atoms with Crippen LogP contribution in [0.15, 0.2) is 29.8 Å². The third-order valence-electron chi connectivity index (χ3n) is 3.70. The molecule has 0 aromatic heterocycles. The van der Waals surface area contributed by atoms with Gasteiger partial charge in [0.1, 0.15) is 0 Å². The van der Waals surface area contributed by atoms with Crippen molar-refractivity contribution in [2.45, 2.75) is 13.8 Å². The van der Waals surface area contributed by atoms with Gasteiger partial charge in [0.05, 0.1) is 0 Å². The molecule has 1 saturated carbocycles. The Balaban J connectivity index is 2.32. The number of hydrogen-bond donors (Lipinski definition) is 0. The first-order valence-electron chi connectivity index (χ1n) is 5.65. The Morgan fingerprint density at radius 1 is 1.22 bits per heavy atom. The van der Waals surface area contributed by atoms with Gasteiger partial charge in [0, 0.05) is 22.4 Å². The Morgan fingerprint density at radius 2 is 1.78 bits per heavy atom. The van der Waals surface area contributed by atoms with E-state index < -0.39 is 0 Å². The van der Waals surface area contributed by atoms with Gasteiger partial charge in [0.25, 0.3) is 0 Å². The van der Waals surface area contributed by atoms with E-state index in [1.54, 1.807) is 0 Å². The predicted octanol–water partition coefficient (Wildman–Crippen LogP) is 4.96. The summed E-state index contributed by atoms with van der Waals surface area (Å²) in [5.41, 5.74) is 3.32. The molecule has 1 aromatic carbocycles. The highest BCUT2D eigenvalue weighted by Gasteiger charge is 2.62. The van der Waals surface area contributed by atoms with Crippen molar-refractivity contribution < 1.29 is 4.79 Å². The van der Waals surface area contributed by atoms with Crippen LogP contribution in [0, 0.1) is 17.3 Å². The second kappa shape index (κ2) is 4.88. The lowest BCUT2D eigenvalue weighted by Gasteiger charge is -2.08. The van der Waals surface area contributed by atoms with Gasteiger partial charge < -0.3 is 0 Å². The largest absolute Gasteiger partial charge is 0.281 e. The van der Waals surface area contributed by atoms with E-state index >= 15 is 0 Å². The van der Waals surface area contributed by atoms with Crippen LogP contribution in [0.4, 0.5) is 0 Å². The molecule has 2 unspecified atom stereocenters. The summed E-state index contributed by atoms with van der Waals surface area (Å²) in [6.07, 6.45) is 0. The monoisotopic (exact) mass is 302 g/mol. The zero-order valence-electron chi connectivity index (χ0n) is 10.1. The van der Waals surface area contributed by atoms with Crippen molar-refractivity contribution in [2.24, 2.45) is 17.3 Å². The van der Waals surface area contributed by atoms with Gasteiger partial charge >= 0.3 is 0 Å². The molecule has 2 atom stereocenters. The van der Waals surface area contributed by atoms with Gasteiger partial charge in [-0.05, 0) is 40.3 Å². The summed E-state index contributed by atoms with van der Waals surface area (Å²) in [6.45, 7) is 4.05. The van der Waals surface area contributed by atoms with E-state index in [9.17, 15) is 4.79 Å². The number of benzene rings is 1. The van der Waals surface area contributed by atoms with E-state index in [1.165, 1.54) is 5.54 Å². The lowest BCUT2D eigenvalue weighted by molar-refractivity contribution is -0.113. The number of allylic oxidation sites excluding steroid dienone is 1. The highest BCUT2D eigenvalue weighted by Crippen LogP contribution is 2.64. The van der Waals surface area contributed by atoms with E-state index in [0.29, 0.717) is 5.02 Å². The van der Waals surface area contributed by atoms with Crippen molar-refractivity contribution in [1.29, 1.82) is 0 Å². The van der Waals surface area contributed by atoms with Crippen molar-refractivity contribution in [3.8, 4) is 0 Å². The summed E-state index contributed by atoms with van der Waals surface area (Å²) in [6, 6.07) is 7.43. The van der Waals surface area contributed by atoms with Gasteiger partial charge in [-0.15, -0.1) is 0 Å². The van der Waals surface area contributed by atoms with Gasteiger partial charge in [-0.25, -0.2) is 0 Å². The second-order valence-corrected chi connectivity index (χ2v) is 6.18. The molecule has 1 nitrogen and oxygen atoms in total. The summed E-state index contributed by atoms with van der Waals surface area (Å²) in [5.74, 6) is -0.0963. The van der Waals surface area contributed by atoms with Crippen LogP contribution in [-0.4, -0.2) is 5.24 Å². The van der Waals surface area contributed by atoms with Crippen LogP contribution in [-0.2, 0) is 4.79 Å². The van der Waals surface area contributed by atoms with Crippen LogP contribution < -0.4 is 0 Å². The Bertz CT molecular complexity index is 502. The SMILES string of the molecule is CC1(C)C(C(=O)Cl)C1/C(=C/Cl)c1ccc(Cl)cc1. The standard InChI is InChI=1S/C14H13Cl3O/c1-14(2)11(12(14)13(17)18)10(7-15)8-3-5-9(16)6-4-8/h3-7,11-12H,1-2H3/b10-7+. The highest BCUT2D eigenvalue weighted by molar-refractivity contribution is 6.64. The number of rotatable bonds is 3. The van der Waals surface area contributed by atoms with Crippen molar-refractivity contribution in [3.05, 3.63) is 40.4 Å². The summed E-state index contributed by atoms with van der Waals surface area (Å²) < 4.78 is 0. The molecule has 0 N–H and O–H groups in total. The molecular formula is C14H13Cl3O. The summed E-state index contributed by atoms with van der Waals surface area (Å²) in [5, 5.41) is 0.377. The third kappa shape index (κ3) is 2.32. The molecule has 1 aliphatic carbocycles. The molecule has 1 fully saturated rings. The van der Waals surface area contributed by atoms with E-state index in [0.717, 1.165) is 11.1 Å². The lowest BCUT2D eigenvalue weighted by atomic mass is 9.98. The lowest BCUT2D eigenvalue weighted by Crippen LogP contribution is -1.96.